The van der Waals surface area contributed by atoms with Crippen molar-refractivity contribution in [1.29, 1.82) is 0 Å². The van der Waals surface area contributed by atoms with Crippen LogP contribution in [0.2, 0.25) is 0 Å². The van der Waals surface area contributed by atoms with Gasteiger partial charge < -0.3 is 10.6 Å². The van der Waals surface area contributed by atoms with Gasteiger partial charge in [0.1, 0.15) is 6.04 Å². The first kappa shape index (κ1) is 16.6. The van der Waals surface area contributed by atoms with Crippen LogP contribution in [0.4, 0.5) is 0 Å². The number of hydrogen-bond donors (Lipinski definition) is 2. The molecule has 0 fully saturated rings. The molecule has 110 valence electrons. The Balaban J connectivity index is 2.21. The lowest BCUT2D eigenvalue weighted by atomic mass is 10.2. The molecule has 1 aromatic carbocycles. The normalized spacial score (nSPS) is 11.7. The molecule has 0 aliphatic rings. The van der Waals surface area contributed by atoms with Crippen LogP contribution in [-0.4, -0.2) is 30.2 Å². The Bertz CT molecular complexity index is 423. The minimum Gasteiger partial charge on any atom is -0.354 e. The van der Waals surface area contributed by atoms with Crippen LogP contribution in [0.5, 0.6) is 0 Å². The third kappa shape index (κ3) is 6.61. The van der Waals surface area contributed by atoms with Crippen molar-refractivity contribution in [2.45, 2.75) is 32.1 Å². The third-order valence-electron chi connectivity index (χ3n) is 2.66. The van der Waals surface area contributed by atoms with E-state index in [2.05, 4.69) is 10.6 Å². The Morgan fingerprint density at radius 1 is 1.25 bits per heavy atom. The van der Waals surface area contributed by atoms with Crippen molar-refractivity contribution in [3.8, 4) is 0 Å². The molecule has 0 heterocycles. The maximum atomic E-state index is 11.7. The molecule has 5 heteroatoms. The van der Waals surface area contributed by atoms with Crippen molar-refractivity contribution < 1.29 is 9.59 Å². The minimum atomic E-state index is -0.480. The molecule has 0 bridgehead atoms. The highest BCUT2D eigenvalue weighted by Gasteiger charge is 2.14. The molecule has 0 spiro atoms. The number of nitrogens with one attached hydrogen (secondary N) is 2. The summed E-state index contributed by atoms with van der Waals surface area (Å²) >= 11 is 1.54. The minimum absolute atomic E-state index is 0.106. The molecule has 0 radical (unpaired) electrons. The molecule has 1 atom stereocenters. The molecule has 1 aromatic rings. The molecule has 0 aromatic heterocycles. The second-order valence-electron chi connectivity index (χ2n) is 4.56. The summed E-state index contributed by atoms with van der Waals surface area (Å²) in [6, 6.07) is 9.52. The average Bonchev–Trinajstić information content (AvgIpc) is 2.45. The summed E-state index contributed by atoms with van der Waals surface area (Å²) in [5.74, 6) is 0.920. The number of amides is 2. The van der Waals surface area contributed by atoms with Gasteiger partial charge in [-0.05, 0) is 18.9 Å². The molecule has 0 saturated heterocycles. The van der Waals surface area contributed by atoms with Crippen molar-refractivity contribution in [1.82, 2.24) is 10.6 Å². The Morgan fingerprint density at radius 3 is 2.60 bits per heavy atom. The molecule has 0 aliphatic carbocycles. The van der Waals surface area contributed by atoms with Crippen molar-refractivity contribution in [2.75, 3.05) is 12.3 Å². The molecule has 4 nitrogen and oxygen atoms in total. The Morgan fingerprint density at radius 2 is 1.95 bits per heavy atom. The Labute approximate surface area is 124 Å². The Kier molecular flexibility index (Phi) is 7.80. The number of carbonyl (C=O) groups is 2. The summed E-state index contributed by atoms with van der Waals surface area (Å²) in [6.45, 7) is 4.33. The lowest BCUT2D eigenvalue weighted by molar-refractivity contribution is -0.127. The van der Waals surface area contributed by atoms with Gasteiger partial charge in [0.05, 0.1) is 5.75 Å². The molecular weight excluding hydrogens is 272 g/mol. The molecule has 2 N–H and O–H groups in total. The topological polar surface area (TPSA) is 58.2 Å². The first-order chi connectivity index (χ1) is 9.63. The summed E-state index contributed by atoms with van der Waals surface area (Å²) in [5, 5.41) is 5.46. The van der Waals surface area contributed by atoms with Gasteiger partial charge in [-0.2, -0.15) is 0 Å². The van der Waals surface area contributed by atoms with E-state index in [4.69, 9.17) is 0 Å². The second-order valence-corrected chi connectivity index (χ2v) is 5.54. The highest BCUT2D eigenvalue weighted by Crippen LogP contribution is 2.11. The second kappa shape index (κ2) is 9.42. The van der Waals surface area contributed by atoms with Crippen LogP contribution in [0, 0.1) is 0 Å². The van der Waals surface area contributed by atoms with Crippen LogP contribution in [0.15, 0.2) is 30.3 Å². The van der Waals surface area contributed by atoms with Crippen molar-refractivity contribution in [3.63, 3.8) is 0 Å². The van der Waals surface area contributed by atoms with Gasteiger partial charge in [-0.25, -0.2) is 0 Å². The first-order valence-electron chi connectivity index (χ1n) is 6.82. The molecule has 0 saturated carbocycles. The summed E-state index contributed by atoms with van der Waals surface area (Å²) in [4.78, 5) is 23.3. The predicted molar refractivity (Wildman–Crippen MR) is 83.5 cm³/mol. The monoisotopic (exact) mass is 294 g/mol. The summed E-state index contributed by atoms with van der Waals surface area (Å²) < 4.78 is 0. The zero-order valence-electron chi connectivity index (χ0n) is 12.0. The largest absolute Gasteiger partial charge is 0.354 e. The van der Waals surface area contributed by atoms with Gasteiger partial charge in [0, 0.05) is 12.3 Å². The molecular formula is C15H22N2O2S. The smallest absolute Gasteiger partial charge is 0.242 e. The van der Waals surface area contributed by atoms with Crippen LogP contribution in [0.3, 0.4) is 0 Å². The van der Waals surface area contributed by atoms with Crippen LogP contribution < -0.4 is 10.6 Å². The van der Waals surface area contributed by atoms with E-state index in [1.54, 1.807) is 18.7 Å². The van der Waals surface area contributed by atoms with E-state index in [0.717, 1.165) is 12.2 Å². The fourth-order valence-corrected chi connectivity index (χ4v) is 2.38. The van der Waals surface area contributed by atoms with Gasteiger partial charge in [0.15, 0.2) is 0 Å². The number of hydrogen-bond acceptors (Lipinski definition) is 3. The maximum absolute atomic E-state index is 11.7. The van der Waals surface area contributed by atoms with Crippen LogP contribution in [0.1, 0.15) is 25.8 Å². The van der Waals surface area contributed by atoms with Crippen LogP contribution in [-0.2, 0) is 15.3 Å². The number of carbonyl (C=O) groups excluding carboxylic acids is 2. The van der Waals surface area contributed by atoms with E-state index in [9.17, 15) is 9.59 Å². The zero-order valence-corrected chi connectivity index (χ0v) is 12.8. The van der Waals surface area contributed by atoms with Crippen LogP contribution >= 0.6 is 11.8 Å². The van der Waals surface area contributed by atoms with Gasteiger partial charge >= 0.3 is 0 Å². The lowest BCUT2D eigenvalue weighted by Gasteiger charge is -2.13. The van der Waals surface area contributed by atoms with Crippen molar-refractivity contribution in [2.24, 2.45) is 0 Å². The highest BCUT2D eigenvalue weighted by molar-refractivity contribution is 7.99. The number of thioether (sulfide) groups is 1. The van der Waals surface area contributed by atoms with E-state index < -0.39 is 6.04 Å². The van der Waals surface area contributed by atoms with Crippen molar-refractivity contribution >= 4 is 23.6 Å². The lowest BCUT2D eigenvalue weighted by Crippen LogP contribution is -2.45. The fourth-order valence-electron chi connectivity index (χ4n) is 1.59. The quantitative estimate of drug-likeness (QED) is 0.770. The maximum Gasteiger partial charge on any atom is 0.242 e. The summed E-state index contributed by atoms with van der Waals surface area (Å²) in [7, 11) is 0. The van der Waals surface area contributed by atoms with Crippen molar-refractivity contribution in [3.05, 3.63) is 35.9 Å². The Hall–Kier alpha value is -1.49. The van der Waals surface area contributed by atoms with E-state index in [1.165, 1.54) is 5.56 Å². The van der Waals surface area contributed by atoms with E-state index in [-0.39, 0.29) is 11.8 Å². The van der Waals surface area contributed by atoms with Gasteiger partial charge in [-0.3, -0.25) is 9.59 Å². The number of benzene rings is 1. The first-order valence-corrected chi connectivity index (χ1v) is 7.97. The van der Waals surface area contributed by atoms with E-state index in [1.807, 2.05) is 37.3 Å². The summed E-state index contributed by atoms with van der Waals surface area (Å²) in [6.07, 6.45) is 0.888. The third-order valence-corrected chi connectivity index (χ3v) is 3.67. The van der Waals surface area contributed by atoms with Gasteiger partial charge in [0.25, 0.3) is 0 Å². The highest BCUT2D eigenvalue weighted by atomic mass is 32.2. The number of rotatable bonds is 8. The van der Waals surface area contributed by atoms with E-state index >= 15 is 0 Å². The molecule has 0 aliphatic heterocycles. The molecule has 2 amide bonds. The fraction of sp³-hybridized carbons (Fsp3) is 0.467. The summed E-state index contributed by atoms with van der Waals surface area (Å²) in [5.41, 5.74) is 1.19. The molecule has 0 unspecified atom stereocenters. The van der Waals surface area contributed by atoms with E-state index in [0.29, 0.717) is 12.3 Å². The SMILES string of the molecule is CCCNC(=O)[C@H](C)NC(=O)CSCc1ccccc1. The van der Waals surface area contributed by atoms with Crippen LogP contribution in [0.25, 0.3) is 0 Å². The molecule has 1 rings (SSSR count). The predicted octanol–water partition coefficient (Wildman–Crippen LogP) is 1.95. The van der Waals surface area contributed by atoms with Gasteiger partial charge in [-0.1, -0.05) is 37.3 Å². The van der Waals surface area contributed by atoms with Gasteiger partial charge in [-0.15, -0.1) is 11.8 Å². The molecule has 20 heavy (non-hydrogen) atoms. The average molecular weight is 294 g/mol. The zero-order chi connectivity index (χ0) is 14.8. The van der Waals surface area contributed by atoms with Gasteiger partial charge in [0.2, 0.25) is 11.8 Å². The standard InChI is InChI=1S/C15H22N2O2S/c1-3-9-16-15(19)12(2)17-14(18)11-20-10-13-7-5-4-6-8-13/h4-8,12H,3,9-11H2,1-2H3,(H,16,19)(H,17,18)/t12-/m0/s1.